The molecular formula is C18H13Cl2N. The van der Waals surface area contributed by atoms with E-state index in [1.165, 1.54) is 0 Å². The van der Waals surface area contributed by atoms with Gasteiger partial charge in [0.1, 0.15) is 5.15 Å². The van der Waals surface area contributed by atoms with Crippen molar-refractivity contribution in [2.45, 2.75) is 6.92 Å². The molecule has 2 aromatic carbocycles. The fourth-order valence-corrected chi connectivity index (χ4v) is 3.00. The number of nitrogens with zero attached hydrogens (tertiary/aromatic N) is 1. The summed E-state index contributed by atoms with van der Waals surface area (Å²) in [7, 11) is 0. The first-order valence-corrected chi connectivity index (χ1v) is 7.34. The summed E-state index contributed by atoms with van der Waals surface area (Å²) in [5, 5.41) is 2.16. The zero-order chi connectivity index (χ0) is 15.0. The van der Waals surface area contributed by atoms with E-state index < -0.39 is 0 Å². The molecule has 0 unspecified atom stereocenters. The Bertz CT molecular complexity index is 853. The molecule has 0 atom stereocenters. The van der Waals surface area contributed by atoms with Gasteiger partial charge in [-0.25, -0.2) is 4.98 Å². The van der Waals surface area contributed by atoms with E-state index in [4.69, 9.17) is 23.2 Å². The second kappa shape index (κ2) is 5.51. The highest BCUT2D eigenvalue weighted by atomic mass is 35.5. The Hall–Kier alpha value is -1.83. The highest BCUT2D eigenvalue weighted by Gasteiger charge is 2.15. The van der Waals surface area contributed by atoms with Crippen molar-refractivity contribution in [1.82, 2.24) is 4.98 Å². The monoisotopic (exact) mass is 313 g/mol. The minimum Gasteiger partial charge on any atom is -0.235 e. The van der Waals surface area contributed by atoms with E-state index in [1.807, 2.05) is 36.4 Å². The largest absolute Gasteiger partial charge is 0.235 e. The van der Waals surface area contributed by atoms with Gasteiger partial charge in [0.25, 0.3) is 0 Å². The maximum atomic E-state index is 6.38. The Morgan fingerprint density at radius 1 is 1.10 bits per heavy atom. The molecule has 21 heavy (non-hydrogen) atoms. The summed E-state index contributed by atoms with van der Waals surface area (Å²) < 4.78 is 0. The third kappa shape index (κ3) is 2.44. The summed E-state index contributed by atoms with van der Waals surface area (Å²) in [4.78, 5) is 4.45. The van der Waals surface area contributed by atoms with Gasteiger partial charge in [0, 0.05) is 27.1 Å². The van der Waals surface area contributed by atoms with Crippen molar-refractivity contribution < 1.29 is 0 Å². The molecular weight excluding hydrogens is 301 g/mol. The van der Waals surface area contributed by atoms with E-state index in [9.17, 15) is 0 Å². The Balaban J connectivity index is 2.51. The van der Waals surface area contributed by atoms with Crippen LogP contribution in [0.15, 0.2) is 49.0 Å². The number of halogens is 2. The Labute approximate surface area is 133 Å². The molecule has 0 aliphatic carbocycles. The van der Waals surface area contributed by atoms with Crippen molar-refractivity contribution in [1.29, 1.82) is 0 Å². The fraction of sp³-hybridized carbons (Fsp3) is 0.0556. The molecule has 1 nitrogen and oxygen atoms in total. The second-order valence-corrected chi connectivity index (χ2v) is 5.66. The summed E-state index contributed by atoms with van der Waals surface area (Å²) in [6.45, 7) is 5.92. The first-order chi connectivity index (χ1) is 10.1. The zero-order valence-corrected chi connectivity index (χ0v) is 13.0. The van der Waals surface area contributed by atoms with Crippen LogP contribution in [0.3, 0.4) is 0 Å². The zero-order valence-electron chi connectivity index (χ0n) is 11.5. The molecule has 0 aliphatic heterocycles. The molecule has 0 bridgehead atoms. The number of benzene rings is 2. The predicted octanol–water partition coefficient (Wildman–Crippen LogP) is 6.16. The van der Waals surface area contributed by atoms with E-state index in [0.29, 0.717) is 10.2 Å². The normalized spacial score (nSPS) is 10.8. The molecule has 0 fully saturated rings. The van der Waals surface area contributed by atoms with Gasteiger partial charge >= 0.3 is 0 Å². The van der Waals surface area contributed by atoms with Crippen molar-refractivity contribution >= 4 is 40.2 Å². The Morgan fingerprint density at radius 3 is 2.57 bits per heavy atom. The standard InChI is InChI=1S/C18H13Cl2N/c1-3-12-17(13-6-4-5-7-15(13)19)14-10-11(2)8-9-16(14)21-18(12)20/h3-10H,1H2,2H3. The summed E-state index contributed by atoms with van der Waals surface area (Å²) in [5.74, 6) is 0. The van der Waals surface area contributed by atoms with Crippen molar-refractivity contribution in [2.24, 2.45) is 0 Å². The van der Waals surface area contributed by atoms with Crippen LogP contribution in [0.2, 0.25) is 10.2 Å². The lowest BCUT2D eigenvalue weighted by Crippen LogP contribution is -1.93. The average molecular weight is 314 g/mol. The highest BCUT2D eigenvalue weighted by Crippen LogP contribution is 2.39. The van der Waals surface area contributed by atoms with Gasteiger partial charge in [0.05, 0.1) is 5.52 Å². The molecule has 3 aromatic rings. The molecule has 0 saturated carbocycles. The molecule has 1 heterocycles. The van der Waals surface area contributed by atoms with Gasteiger partial charge < -0.3 is 0 Å². The number of hydrogen-bond acceptors (Lipinski definition) is 1. The molecule has 1 aromatic heterocycles. The summed E-state index contributed by atoms with van der Waals surface area (Å²) in [5.41, 5.74) is 4.74. The molecule has 104 valence electrons. The van der Waals surface area contributed by atoms with Crippen LogP contribution in [-0.4, -0.2) is 4.98 Å². The molecule has 0 radical (unpaired) electrons. The van der Waals surface area contributed by atoms with Gasteiger partial charge in [-0.2, -0.15) is 0 Å². The van der Waals surface area contributed by atoms with Crippen LogP contribution in [0.25, 0.3) is 28.1 Å². The van der Waals surface area contributed by atoms with Crippen LogP contribution in [0, 0.1) is 6.92 Å². The SMILES string of the molecule is C=Cc1c(Cl)nc2ccc(C)cc2c1-c1ccccc1Cl. The number of pyridine rings is 1. The first-order valence-electron chi connectivity index (χ1n) is 6.59. The van der Waals surface area contributed by atoms with Gasteiger partial charge in [-0.1, -0.05) is 65.7 Å². The molecule has 3 heteroatoms. The number of aryl methyl sites for hydroxylation is 1. The lowest BCUT2D eigenvalue weighted by molar-refractivity contribution is 1.38. The van der Waals surface area contributed by atoms with Crippen LogP contribution < -0.4 is 0 Å². The Kier molecular flexibility index (Phi) is 3.71. The van der Waals surface area contributed by atoms with Crippen molar-refractivity contribution in [3.63, 3.8) is 0 Å². The summed E-state index contributed by atoms with van der Waals surface area (Å²) in [6.07, 6.45) is 1.73. The fourth-order valence-electron chi connectivity index (χ4n) is 2.50. The van der Waals surface area contributed by atoms with Gasteiger partial charge in [0.2, 0.25) is 0 Å². The first kappa shape index (κ1) is 14.1. The van der Waals surface area contributed by atoms with Gasteiger partial charge in [-0.3, -0.25) is 0 Å². The third-order valence-corrected chi connectivity index (χ3v) is 4.10. The van der Waals surface area contributed by atoms with Crippen LogP contribution in [0.5, 0.6) is 0 Å². The maximum absolute atomic E-state index is 6.38. The summed E-state index contributed by atoms with van der Waals surface area (Å²) >= 11 is 12.7. The van der Waals surface area contributed by atoms with E-state index in [1.54, 1.807) is 6.08 Å². The molecule has 0 amide bonds. The predicted molar refractivity (Wildman–Crippen MR) is 92.0 cm³/mol. The van der Waals surface area contributed by atoms with E-state index in [-0.39, 0.29) is 0 Å². The van der Waals surface area contributed by atoms with Crippen LogP contribution in [0.1, 0.15) is 11.1 Å². The van der Waals surface area contributed by atoms with Gasteiger partial charge in [-0.05, 0) is 25.1 Å². The van der Waals surface area contributed by atoms with Crippen LogP contribution in [0.4, 0.5) is 0 Å². The van der Waals surface area contributed by atoms with Crippen LogP contribution in [-0.2, 0) is 0 Å². The number of rotatable bonds is 2. The van der Waals surface area contributed by atoms with Gasteiger partial charge in [-0.15, -0.1) is 0 Å². The van der Waals surface area contributed by atoms with Crippen molar-refractivity contribution in [2.75, 3.05) is 0 Å². The highest BCUT2D eigenvalue weighted by molar-refractivity contribution is 6.35. The number of hydrogen-bond donors (Lipinski definition) is 0. The molecule has 0 N–H and O–H groups in total. The average Bonchev–Trinajstić information content (AvgIpc) is 2.47. The van der Waals surface area contributed by atoms with Crippen molar-refractivity contribution in [3.8, 4) is 11.1 Å². The molecule has 0 saturated heterocycles. The van der Waals surface area contributed by atoms with Crippen LogP contribution >= 0.6 is 23.2 Å². The topological polar surface area (TPSA) is 12.9 Å². The second-order valence-electron chi connectivity index (χ2n) is 4.90. The quantitative estimate of drug-likeness (QED) is 0.516. The smallest absolute Gasteiger partial charge is 0.137 e. The number of fused-ring (bicyclic) bond motifs is 1. The lowest BCUT2D eigenvalue weighted by Gasteiger charge is -2.14. The summed E-state index contributed by atoms with van der Waals surface area (Å²) in [6, 6.07) is 13.8. The Morgan fingerprint density at radius 2 is 1.86 bits per heavy atom. The molecule has 3 rings (SSSR count). The maximum Gasteiger partial charge on any atom is 0.137 e. The molecule has 0 aliphatic rings. The minimum absolute atomic E-state index is 0.441. The van der Waals surface area contributed by atoms with Gasteiger partial charge in [0.15, 0.2) is 0 Å². The van der Waals surface area contributed by atoms with E-state index in [2.05, 4.69) is 24.6 Å². The number of aromatic nitrogens is 1. The van der Waals surface area contributed by atoms with E-state index in [0.717, 1.165) is 33.2 Å². The van der Waals surface area contributed by atoms with Crippen molar-refractivity contribution in [3.05, 3.63) is 70.3 Å². The minimum atomic E-state index is 0.441. The lowest BCUT2D eigenvalue weighted by atomic mass is 9.95. The van der Waals surface area contributed by atoms with E-state index >= 15 is 0 Å². The third-order valence-electron chi connectivity index (χ3n) is 3.48. The molecule has 0 spiro atoms.